The van der Waals surface area contributed by atoms with Crippen molar-refractivity contribution in [2.24, 2.45) is 5.92 Å². The fourth-order valence-corrected chi connectivity index (χ4v) is 2.59. The summed E-state index contributed by atoms with van der Waals surface area (Å²) in [5, 5.41) is 9.17. The number of nitrogens with zero attached hydrogens (tertiary/aromatic N) is 3. The normalized spacial score (nSPS) is 14.4. The van der Waals surface area contributed by atoms with E-state index in [1.165, 1.54) is 12.3 Å². The van der Waals surface area contributed by atoms with E-state index in [1.54, 1.807) is 6.07 Å². The molecular weight excluding hydrogens is 379 g/mol. The number of alkyl halides is 3. The fraction of sp³-hybridized carbons (Fsp3) is 0.353. The number of aromatic nitrogens is 3. The predicted octanol–water partition coefficient (Wildman–Crippen LogP) is 2.18. The molecule has 3 aromatic rings. The largest absolute Gasteiger partial charge is 0.471 e. The number of halogens is 3. The molecular formula is C17H14F3N5O3. The van der Waals surface area contributed by atoms with Gasteiger partial charge in [-0.25, -0.2) is 0 Å². The second kappa shape index (κ2) is 6.73. The zero-order valence-electron chi connectivity index (χ0n) is 14.3. The maximum atomic E-state index is 12.5. The van der Waals surface area contributed by atoms with E-state index < -0.39 is 22.9 Å². The molecule has 11 heteroatoms. The quantitative estimate of drug-likeness (QED) is 0.588. The van der Waals surface area contributed by atoms with Crippen molar-refractivity contribution in [2.45, 2.75) is 25.6 Å². The van der Waals surface area contributed by atoms with Gasteiger partial charge in [0, 0.05) is 18.3 Å². The van der Waals surface area contributed by atoms with Crippen LogP contribution in [-0.4, -0.2) is 21.7 Å². The molecule has 0 amide bonds. The molecule has 1 fully saturated rings. The van der Waals surface area contributed by atoms with Crippen LogP contribution in [0, 0.1) is 5.92 Å². The van der Waals surface area contributed by atoms with Crippen LogP contribution in [0.5, 0.6) is 0 Å². The lowest BCUT2D eigenvalue weighted by atomic mass is 10.1. The summed E-state index contributed by atoms with van der Waals surface area (Å²) in [7, 11) is 0. The van der Waals surface area contributed by atoms with Crippen molar-refractivity contribution in [1.82, 2.24) is 15.1 Å². The fourth-order valence-electron chi connectivity index (χ4n) is 2.59. The van der Waals surface area contributed by atoms with Gasteiger partial charge in [0.1, 0.15) is 11.4 Å². The minimum atomic E-state index is -4.71. The van der Waals surface area contributed by atoms with Crippen molar-refractivity contribution in [2.75, 3.05) is 17.2 Å². The molecule has 0 atom stereocenters. The Labute approximate surface area is 155 Å². The Kier molecular flexibility index (Phi) is 4.36. The zero-order valence-corrected chi connectivity index (χ0v) is 14.3. The highest BCUT2D eigenvalue weighted by molar-refractivity contribution is 5.74. The van der Waals surface area contributed by atoms with Gasteiger partial charge in [-0.05, 0) is 30.9 Å². The zero-order chi connectivity index (χ0) is 19.9. The number of pyridine rings is 1. The smallest absolute Gasteiger partial charge is 0.380 e. The molecule has 8 nitrogen and oxygen atoms in total. The number of hydrogen-bond acceptors (Lipinski definition) is 8. The summed E-state index contributed by atoms with van der Waals surface area (Å²) in [6, 6.07) is 3.04. The first kappa shape index (κ1) is 18.1. The van der Waals surface area contributed by atoms with E-state index in [4.69, 9.17) is 0 Å². The Bertz CT molecular complexity index is 1060. The van der Waals surface area contributed by atoms with Gasteiger partial charge in [-0.1, -0.05) is 5.16 Å². The second-order valence-corrected chi connectivity index (χ2v) is 6.55. The summed E-state index contributed by atoms with van der Waals surface area (Å²) in [5.41, 5.74) is 0.170. The second-order valence-electron chi connectivity index (χ2n) is 6.55. The lowest BCUT2D eigenvalue weighted by Crippen LogP contribution is -2.37. The first-order chi connectivity index (χ1) is 13.3. The molecule has 146 valence electrons. The van der Waals surface area contributed by atoms with Crippen LogP contribution in [-0.2, 0) is 12.7 Å². The molecule has 1 saturated carbocycles. The topological polar surface area (TPSA) is 110 Å². The summed E-state index contributed by atoms with van der Waals surface area (Å²) >= 11 is 0. The average molecular weight is 393 g/mol. The van der Waals surface area contributed by atoms with Crippen molar-refractivity contribution >= 4 is 11.4 Å². The van der Waals surface area contributed by atoms with Crippen LogP contribution in [0.4, 0.5) is 24.5 Å². The molecule has 0 aliphatic heterocycles. The van der Waals surface area contributed by atoms with Gasteiger partial charge in [0.25, 0.3) is 10.9 Å². The van der Waals surface area contributed by atoms with Crippen molar-refractivity contribution < 1.29 is 17.7 Å². The molecule has 4 rings (SSSR count). The maximum absolute atomic E-state index is 12.5. The Balaban J connectivity index is 1.40. The highest BCUT2D eigenvalue weighted by atomic mass is 19.4. The van der Waals surface area contributed by atoms with Crippen LogP contribution in [0.3, 0.4) is 0 Å². The predicted molar refractivity (Wildman–Crippen MR) is 92.4 cm³/mol. The van der Waals surface area contributed by atoms with Crippen LogP contribution in [0.15, 0.2) is 32.4 Å². The molecule has 1 aromatic carbocycles. The molecule has 0 radical (unpaired) electrons. The minimum absolute atomic E-state index is 0.170. The van der Waals surface area contributed by atoms with Crippen LogP contribution in [0.1, 0.15) is 24.4 Å². The van der Waals surface area contributed by atoms with Crippen molar-refractivity contribution in [3.8, 4) is 11.4 Å². The summed E-state index contributed by atoms with van der Waals surface area (Å²) < 4.78 is 41.7. The Morgan fingerprint density at radius 2 is 1.82 bits per heavy atom. The summed E-state index contributed by atoms with van der Waals surface area (Å²) in [4.78, 5) is 30.8. The molecule has 0 bridgehead atoms. The third-order valence-electron chi connectivity index (χ3n) is 4.37. The van der Waals surface area contributed by atoms with Gasteiger partial charge in [0.05, 0.1) is 12.2 Å². The first-order valence-electron chi connectivity index (χ1n) is 8.50. The molecule has 2 heterocycles. The number of rotatable bonds is 7. The number of anilines is 2. The van der Waals surface area contributed by atoms with Crippen molar-refractivity contribution in [3.63, 3.8) is 0 Å². The van der Waals surface area contributed by atoms with E-state index >= 15 is 0 Å². The highest BCUT2D eigenvalue weighted by Crippen LogP contribution is 2.30. The Morgan fingerprint density at radius 1 is 1.11 bits per heavy atom. The van der Waals surface area contributed by atoms with Gasteiger partial charge in [-0.2, -0.15) is 18.2 Å². The molecule has 0 spiro atoms. The SMILES string of the molecule is O=c1c(NCc2ccc(-c3noc(C(F)(F)F)n3)cn2)c(NCC2CC2)c1=O. The molecule has 1 aliphatic carbocycles. The lowest BCUT2D eigenvalue weighted by molar-refractivity contribution is -0.159. The van der Waals surface area contributed by atoms with Crippen LogP contribution >= 0.6 is 0 Å². The molecule has 0 saturated heterocycles. The summed E-state index contributed by atoms with van der Waals surface area (Å²) in [6.45, 7) is 0.834. The van der Waals surface area contributed by atoms with Gasteiger partial charge >= 0.3 is 12.1 Å². The summed E-state index contributed by atoms with van der Waals surface area (Å²) in [6.07, 6.45) is -1.18. The van der Waals surface area contributed by atoms with Gasteiger partial charge in [-0.15, -0.1) is 0 Å². The van der Waals surface area contributed by atoms with Gasteiger partial charge in [0.2, 0.25) is 5.82 Å². The average Bonchev–Trinajstić information content (AvgIpc) is 3.35. The van der Waals surface area contributed by atoms with E-state index in [-0.39, 0.29) is 23.6 Å². The van der Waals surface area contributed by atoms with Crippen LogP contribution in [0.25, 0.3) is 11.4 Å². The van der Waals surface area contributed by atoms with Gasteiger partial charge in [0.15, 0.2) is 0 Å². The van der Waals surface area contributed by atoms with E-state index in [1.807, 2.05) is 0 Å². The first-order valence-corrected chi connectivity index (χ1v) is 8.50. The molecule has 0 unspecified atom stereocenters. The van der Waals surface area contributed by atoms with E-state index in [9.17, 15) is 22.8 Å². The Morgan fingerprint density at radius 3 is 2.39 bits per heavy atom. The van der Waals surface area contributed by atoms with E-state index in [0.29, 0.717) is 23.8 Å². The van der Waals surface area contributed by atoms with Crippen molar-refractivity contribution in [3.05, 3.63) is 50.4 Å². The minimum Gasteiger partial charge on any atom is -0.380 e. The van der Waals surface area contributed by atoms with Crippen LogP contribution in [0.2, 0.25) is 0 Å². The Hall–Kier alpha value is -3.24. The summed E-state index contributed by atoms with van der Waals surface area (Å²) in [5.74, 6) is -1.11. The highest BCUT2D eigenvalue weighted by Gasteiger charge is 2.38. The third kappa shape index (κ3) is 3.59. The lowest BCUT2D eigenvalue weighted by Gasteiger charge is -2.14. The van der Waals surface area contributed by atoms with E-state index in [0.717, 1.165) is 12.8 Å². The number of nitrogens with one attached hydrogen (secondary N) is 2. The molecule has 2 aromatic heterocycles. The number of hydrogen-bond donors (Lipinski definition) is 2. The van der Waals surface area contributed by atoms with Gasteiger partial charge in [-0.3, -0.25) is 14.6 Å². The van der Waals surface area contributed by atoms with E-state index in [2.05, 4.69) is 30.3 Å². The standard InChI is InChI=1S/C17H14F3N5O3/c18-17(19,20)16-24-15(25-28-16)9-3-4-10(21-6-9)7-23-12-11(13(26)14(12)27)22-5-8-1-2-8/h3-4,6,8,22-23H,1-2,5,7H2. The van der Waals surface area contributed by atoms with Crippen molar-refractivity contribution in [1.29, 1.82) is 0 Å². The third-order valence-corrected chi connectivity index (χ3v) is 4.37. The molecule has 28 heavy (non-hydrogen) atoms. The van der Waals surface area contributed by atoms with Crippen LogP contribution < -0.4 is 21.5 Å². The van der Waals surface area contributed by atoms with Gasteiger partial charge < -0.3 is 15.2 Å². The molecule has 1 aliphatic rings. The molecule has 2 N–H and O–H groups in total. The monoisotopic (exact) mass is 393 g/mol. The maximum Gasteiger partial charge on any atom is 0.471 e.